The van der Waals surface area contributed by atoms with E-state index in [4.69, 9.17) is 23.2 Å². The molecule has 1 aromatic carbocycles. The number of rotatable bonds is 6. The monoisotopic (exact) mass is 370 g/mol. The van der Waals surface area contributed by atoms with Gasteiger partial charge in [-0.2, -0.15) is 0 Å². The van der Waals surface area contributed by atoms with Gasteiger partial charge in [-0.05, 0) is 31.9 Å². The Morgan fingerprint density at radius 1 is 1.25 bits per heavy atom. The number of amides is 2. The second-order valence-electron chi connectivity index (χ2n) is 6.24. The van der Waals surface area contributed by atoms with E-state index in [-0.39, 0.29) is 24.4 Å². The molecule has 1 N–H and O–H groups in total. The second-order valence-corrected chi connectivity index (χ2v) is 7.06. The topological polar surface area (TPSA) is 49.4 Å². The molecule has 1 aromatic rings. The quantitative estimate of drug-likeness (QED) is 0.816. The van der Waals surface area contributed by atoms with Crippen molar-refractivity contribution in [1.82, 2.24) is 10.2 Å². The van der Waals surface area contributed by atoms with Gasteiger partial charge in [0.1, 0.15) is 6.04 Å². The van der Waals surface area contributed by atoms with Crippen molar-refractivity contribution in [3.8, 4) is 0 Å². The summed E-state index contributed by atoms with van der Waals surface area (Å²) in [6.07, 6.45) is 4.63. The van der Waals surface area contributed by atoms with Crippen LogP contribution in [0.1, 0.15) is 51.5 Å². The van der Waals surface area contributed by atoms with Gasteiger partial charge >= 0.3 is 0 Å². The van der Waals surface area contributed by atoms with E-state index < -0.39 is 6.04 Å². The number of carbonyl (C=O) groups is 2. The molecule has 2 rings (SSSR count). The lowest BCUT2D eigenvalue weighted by atomic mass is 10.1. The van der Waals surface area contributed by atoms with Gasteiger partial charge in [-0.25, -0.2) is 0 Å². The summed E-state index contributed by atoms with van der Waals surface area (Å²) in [5.41, 5.74) is 0.670. The molecule has 1 aliphatic carbocycles. The number of halogens is 2. The van der Waals surface area contributed by atoms with Crippen molar-refractivity contribution in [3.63, 3.8) is 0 Å². The van der Waals surface area contributed by atoms with Crippen LogP contribution in [0.5, 0.6) is 0 Å². The third kappa shape index (κ3) is 4.64. The normalized spacial score (nSPS) is 16.0. The van der Waals surface area contributed by atoms with Crippen molar-refractivity contribution in [3.05, 3.63) is 33.8 Å². The number of nitrogens with zero attached hydrogens (tertiary/aromatic N) is 1. The minimum absolute atomic E-state index is 0.0972. The average Bonchev–Trinajstić information content (AvgIpc) is 3.06. The number of hydrogen-bond acceptors (Lipinski definition) is 2. The first kappa shape index (κ1) is 19.1. The van der Waals surface area contributed by atoms with Crippen LogP contribution in [0, 0.1) is 0 Å². The van der Waals surface area contributed by atoms with Crippen LogP contribution >= 0.6 is 23.2 Å². The minimum atomic E-state index is -0.564. The van der Waals surface area contributed by atoms with Gasteiger partial charge in [0.05, 0.1) is 0 Å². The van der Waals surface area contributed by atoms with Crippen molar-refractivity contribution >= 4 is 35.0 Å². The van der Waals surface area contributed by atoms with E-state index in [0.717, 1.165) is 25.7 Å². The highest BCUT2D eigenvalue weighted by Gasteiger charge is 2.28. The van der Waals surface area contributed by atoms with Crippen LogP contribution < -0.4 is 5.32 Å². The number of carbonyl (C=O) groups excluding carboxylic acids is 2. The first-order chi connectivity index (χ1) is 11.4. The Balaban J connectivity index is 2.15. The van der Waals surface area contributed by atoms with Crippen LogP contribution in [0.25, 0.3) is 0 Å². The summed E-state index contributed by atoms with van der Waals surface area (Å²) in [7, 11) is 0. The Morgan fingerprint density at radius 2 is 1.83 bits per heavy atom. The molecule has 1 saturated carbocycles. The summed E-state index contributed by atoms with van der Waals surface area (Å²) >= 11 is 12.4. The molecule has 4 nitrogen and oxygen atoms in total. The number of nitrogens with one attached hydrogen (secondary N) is 1. The smallest absolute Gasteiger partial charge is 0.242 e. The van der Waals surface area contributed by atoms with E-state index >= 15 is 0 Å². The van der Waals surface area contributed by atoms with Crippen molar-refractivity contribution in [2.24, 2.45) is 0 Å². The summed E-state index contributed by atoms with van der Waals surface area (Å²) in [5.74, 6) is -0.216. The van der Waals surface area contributed by atoms with E-state index in [1.54, 1.807) is 36.9 Å². The molecule has 0 heterocycles. The molecule has 0 saturated heterocycles. The molecule has 0 aromatic heterocycles. The van der Waals surface area contributed by atoms with E-state index in [2.05, 4.69) is 5.32 Å². The Labute approximate surface area is 153 Å². The summed E-state index contributed by atoms with van der Waals surface area (Å²) < 4.78 is 0. The van der Waals surface area contributed by atoms with E-state index in [9.17, 15) is 9.59 Å². The molecular weight excluding hydrogens is 347 g/mol. The molecule has 0 spiro atoms. The number of hydrogen-bond donors (Lipinski definition) is 1. The van der Waals surface area contributed by atoms with Crippen LogP contribution in [0.2, 0.25) is 10.0 Å². The molecule has 0 radical (unpaired) electrons. The third-order valence-corrected chi connectivity index (χ3v) is 5.27. The predicted octanol–water partition coefficient (Wildman–Crippen LogP) is 4.18. The fourth-order valence-corrected chi connectivity index (χ4v) is 3.55. The molecule has 1 aliphatic rings. The lowest BCUT2D eigenvalue weighted by molar-refractivity contribution is -0.140. The lowest BCUT2D eigenvalue weighted by Crippen LogP contribution is -2.49. The van der Waals surface area contributed by atoms with Gasteiger partial charge in [-0.15, -0.1) is 0 Å². The summed E-state index contributed by atoms with van der Waals surface area (Å²) in [6.45, 7) is 3.76. The standard InChI is InChI=1S/C18H24Cl2N2O2/c1-3-17(23)22(11-14-15(19)9-6-10-16(14)20)12(2)18(24)21-13-7-4-5-8-13/h6,9-10,12-13H,3-5,7-8,11H2,1-2H3,(H,21,24)/t12-/m1/s1. The van der Waals surface area contributed by atoms with Crippen LogP contribution in [-0.2, 0) is 16.1 Å². The van der Waals surface area contributed by atoms with Crippen molar-refractivity contribution < 1.29 is 9.59 Å². The van der Waals surface area contributed by atoms with Gasteiger partial charge in [-0.1, -0.05) is 49.0 Å². The third-order valence-electron chi connectivity index (χ3n) is 4.56. The SMILES string of the molecule is CCC(=O)N(Cc1c(Cl)cccc1Cl)[C@H](C)C(=O)NC1CCCC1. The summed E-state index contributed by atoms with van der Waals surface area (Å²) in [6, 6.07) is 4.89. The molecule has 2 amide bonds. The molecule has 6 heteroatoms. The molecule has 0 aliphatic heterocycles. The highest BCUT2D eigenvalue weighted by atomic mass is 35.5. The molecule has 24 heavy (non-hydrogen) atoms. The van der Waals surface area contributed by atoms with Crippen molar-refractivity contribution in [2.45, 2.75) is 64.6 Å². The van der Waals surface area contributed by atoms with Crippen LogP contribution in [-0.4, -0.2) is 28.8 Å². The molecular formula is C18H24Cl2N2O2. The van der Waals surface area contributed by atoms with Crippen LogP contribution in [0.3, 0.4) is 0 Å². The maximum atomic E-state index is 12.5. The van der Waals surface area contributed by atoms with Crippen molar-refractivity contribution in [2.75, 3.05) is 0 Å². The molecule has 0 bridgehead atoms. The Morgan fingerprint density at radius 3 is 2.38 bits per heavy atom. The fourth-order valence-electron chi connectivity index (χ4n) is 3.03. The molecule has 1 atom stereocenters. The van der Waals surface area contributed by atoms with Gasteiger partial charge in [0.25, 0.3) is 0 Å². The van der Waals surface area contributed by atoms with Gasteiger partial charge in [0.15, 0.2) is 0 Å². The van der Waals surface area contributed by atoms with E-state index in [1.165, 1.54) is 0 Å². The van der Waals surface area contributed by atoms with E-state index in [0.29, 0.717) is 22.0 Å². The highest BCUT2D eigenvalue weighted by molar-refractivity contribution is 6.36. The molecule has 0 unspecified atom stereocenters. The average molecular weight is 371 g/mol. The zero-order valence-electron chi connectivity index (χ0n) is 14.1. The van der Waals surface area contributed by atoms with Crippen molar-refractivity contribution in [1.29, 1.82) is 0 Å². The maximum absolute atomic E-state index is 12.5. The van der Waals surface area contributed by atoms with Gasteiger partial charge < -0.3 is 10.2 Å². The Hall–Kier alpha value is -1.26. The summed E-state index contributed by atoms with van der Waals surface area (Å²) in [5, 5.41) is 4.05. The largest absolute Gasteiger partial charge is 0.352 e. The Kier molecular flexibility index (Phi) is 6.93. The Bertz CT molecular complexity index is 580. The molecule has 1 fully saturated rings. The van der Waals surface area contributed by atoms with Gasteiger partial charge in [0.2, 0.25) is 11.8 Å². The lowest BCUT2D eigenvalue weighted by Gasteiger charge is -2.30. The van der Waals surface area contributed by atoms with Gasteiger partial charge in [-0.3, -0.25) is 9.59 Å². The molecule has 132 valence electrons. The predicted molar refractivity (Wildman–Crippen MR) is 97.2 cm³/mol. The van der Waals surface area contributed by atoms with E-state index in [1.807, 2.05) is 0 Å². The van der Waals surface area contributed by atoms with Crippen LogP contribution in [0.15, 0.2) is 18.2 Å². The number of benzene rings is 1. The zero-order chi connectivity index (χ0) is 17.7. The van der Waals surface area contributed by atoms with Crippen LogP contribution in [0.4, 0.5) is 0 Å². The highest BCUT2D eigenvalue weighted by Crippen LogP contribution is 2.27. The fraction of sp³-hybridized carbons (Fsp3) is 0.556. The first-order valence-corrected chi connectivity index (χ1v) is 9.22. The minimum Gasteiger partial charge on any atom is -0.352 e. The second kappa shape index (κ2) is 8.72. The first-order valence-electron chi connectivity index (χ1n) is 8.46. The van der Waals surface area contributed by atoms with Gasteiger partial charge in [0, 0.05) is 34.6 Å². The zero-order valence-corrected chi connectivity index (χ0v) is 15.7. The summed E-state index contributed by atoms with van der Waals surface area (Å²) in [4.78, 5) is 26.5. The maximum Gasteiger partial charge on any atom is 0.242 e.